The van der Waals surface area contributed by atoms with Crippen LogP contribution in [0.1, 0.15) is 40.5 Å². The summed E-state index contributed by atoms with van der Waals surface area (Å²) < 4.78 is 16.9. The number of allylic oxidation sites excluding steroid dienone is 1. The minimum Gasteiger partial charge on any atom is -0.481 e. The van der Waals surface area contributed by atoms with E-state index in [4.69, 9.17) is 19.3 Å². The Kier molecular flexibility index (Phi) is 6.17. The second-order valence-electron chi connectivity index (χ2n) is 5.99. The van der Waals surface area contributed by atoms with Crippen molar-refractivity contribution >= 4 is 5.97 Å². The van der Waals surface area contributed by atoms with Gasteiger partial charge in [-0.1, -0.05) is 26.0 Å². The third-order valence-electron chi connectivity index (χ3n) is 3.13. The van der Waals surface area contributed by atoms with Gasteiger partial charge in [0.2, 0.25) is 0 Å². The average Bonchev–Trinajstić information content (AvgIpc) is 2.58. The number of carboxylic acid groups (broad SMARTS) is 1. The molecular weight excluding hydrogens is 260 g/mol. The van der Waals surface area contributed by atoms with Gasteiger partial charge in [-0.15, -0.1) is 0 Å². The molecule has 0 bridgehead atoms. The van der Waals surface area contributed by atoms with Crippen molar-refractivity contribution in [2.75, 3.05) is 7.11 Å². The molecule has 1 heterocycles. The molecule has 3 atom stereocenters. The fourth-order valence-corrected chi connectivity index (χ4v) is 2.28. The molecule has 1 N–H and O–H groups in total. The SMILES string of the molecule is COC(/C=C\CC(C)C)[C@H]1OC(C)(C)O[C@H]1CC(=O)O. The van der Waals surface area contributed by atoms with Gasteiger partial charge in [0.15, 0.2) is 5.79 Å². The third kappa shape index (κ3) is 5.23. The lowest BCUT2D eigenvalue weighted by molar-refractivity contribution is -0.157. The predicted molar refractivity (Wildman–Crippen MR) is 75.5 cm³/mol. The molecule has 0 amide bonds. The van der Waals surface area contributed by atoms with Crippen LogP contribution in [-0.4, -0.2) is 42.3 Å². The highest BCUT2D eigenvalue weighted by Gasteiger charge is 2.45. The Morgan fingerprint density at radius 3 is 2.55 bits per heavy atom. The van der Waals surface area contributed by atoms with Crippen LogP contribution in [0.15, 0.2) is 12.2 Å². The molecule has 1 rings (SSSR count). The van der Waals surface area contributed by atoms with Gasteiger partial charge < -0.3 is 19.3 Å². The van der Waals surface area contributed by atoms with Crippen molar-refractivity contribution in [3.05, 3.63) is 12.2 Å². The number of carboxylic acids is 1. The van der Waals surface area contributed by atoms with E-state index in [9.17, 15) is 4.79 Å². The van der Waals surface area contributed by atoms with Crippen LogP contribution in [0.3, 0.4) is 0 Å². The minimum absolute atomic E-state index is 0.0913. The van der Waals surface area contributed by atoms with Crippen LogP contribution in [0.2, 0.25) is 0 Å². The van der Waals surface area contributed by atoms with Crippen LogP contribution in [0, 0.1) is 5.92 Å². The Morgan fingerprint density at radius 2 is 2.05 bits per heavy atom. The van der Waals surface area contributed by atoms with E-state index in [1.165, 1.54) is 0 Å². The quantitative estimate of drug-likeness (QED) is 0.729. The fraction of sp³-hybridized carbons (Fsp3) is 0.800. The van der Waals surface area contributed by atoms with Gasteiger partial charge >= 0.3 is 5.97 Å². The second-order valence-corrected chi connectivity index (χ2v) is 5.99. The summed E-state index contributed by atoms with van der Waals surface area (Å²) in [4.78, 5) is 10.9. The largest absolute Gasteiger partial charge is 0.481 e. The van der Waals surface area contributed by atoms with Gasteiger partial charge in [0.1, 0.15) is 18.3 Å². The lowest BCUT2D eigenvalue weighted by atomic mass is 10.0. The van der Waals surface area contributed by atoms with E-state index >= 15 is 0 Å². The highest BCUT2D eigenvalue weighted by molar-refractivity contribution is 5.67. The normalized spacial score (nSPS) is 27.3. The van der Waals surface area contributed by atoms with Crippen molar-refractivity contribution in [3.63, 3.8) is 0 Å². The van der Waals surface area contributed by atoms with E-state index < -0.39 is 24.0 Å². The van der Waals surface area contributed by atoms with Crippen LogP contribution in [0.5, 0.6) is 0 Å². The summed E-state index contributed by atoms with van der Waals surface area (Å²) in [6, 6.07) is 0. The maximum Gasteiger partial charge on any atom is 0.306 e. The Balaban J connectivity index is 2.76. The van der Waals surface area contributed by atoms with E-state index in [2.05, 4.69) is 13.8 Å². The molecule has 0 spiro atoms. The summed E-state index contributed by atoms with van der Waals surface area (Å²) in [5, 5.41) is 8.97. The smallest absolute Gasteiger partial charge is 0.306 e. The lowest BCUT2D eigenvalue weighted by Crippen LogP contribution is -2.36. The standard InChI is InChI=1S/C15H26O5/c1-10(2)7-6-8-11(18-5)14-12(9-13(16)17)19-15(3,4)20-14/h6,8,10-12,14H,7,9H2,1-5H3,(H,16,17)/b8-6-/t11?,12-,14+/m0/s1. The molecule has 116 valence electrons. The highest BCUT2D eigenvalue weighted by Crippen LogP contribution is 2.33. The van der Waals surface area contributed by atoms with Gasteiger partial charge in [0, 0.05) is 7.11 Å². The molecule has 0 aromatic rings. The van der Waals surface area contributed by atoms with Crippen LogP contribution in [0.4, 0.5) is 0 Å². The van der Waals surface area contributed by atoms with Gasteiger partial charge in [-0.3, -0.25) is 4.79 Å². The molecule has 0 aliphatic carbocycles. The van der Waals surface area contributed by atoms with Crippen LogP contribution in [0.25, 0.3) is 0 Å². The van der Waals surface area contributed by atoms with Crippen molar-refractivity contribution in [1.82, 2.24) is 0 Å². The number of methoxy groups -OCH3 is 1. The number of hydrogen-bond donors (Lipinski definition) is 1. The van der Waals surface area contributed by atoms with Crippen molar-refractivity contribution in [2.45, 2.75) is 64.6 Å². The number of rotatable bonds is 7. The summed E-state index contributed by atoms with van der Waals surface area (Å²) >= 11 is 0. The molecule has 20 heavy (non-hydrogen) atoms. The van der Waals surface area contributed by atoms with Crippen LogP contribution < -0.4 is 0 Å². The first-order chi connectivity index (χ1) is 9.25. The summed E-state index contributed by atoms with van der Waals surface area (Å²) in [5.74, 6) is -1.12. The Morgan fingerprint density at radius 1 is 1.40 bits per heavy atom. The molecule has 0 aromatic heterocycles. The molecule has 1 aliphatic rings. The highest BCUT2D eigenvalue weighted by atomic mass is 16.8. The van der Waals surface area contributed by atoms with Crippen molar-refractivity contribution in [1.29, 1.82) is 0 Å². The molecule has 0 saturated carbocycles. The zero-order valence-corrected chi connectivity index (χ0v) is 13.0. The van der Waals surface area contributed by atoms with Gasteiger partial charge in [-0.05, 0) is 26.2 Å². The number of carbonyl (C=O) groups is 1. The monoisotopic (exact) mass is 286 g/mol. The number of aliphatic carboxylic acids is 1. The molecule has 1 saturated heterocycles. The first-order valence-corrected chi connectivity index (χ1v) is 7.02. The van der Waals surface area contributed by atoms with Crippen molar-refractivity contribution in [3.8, 4) is 0 Å². The molecule has 0 radical (unpaired) electrons. The van der Waals surface area contributed by atoms with E-state index in [-0.39, 0.29) is 12.5 Å². The van der Waals surface area contributed by atoms with E-state index in [0.29, 0.717) is 5.92 Å². The maximum absolute atomic E-state index is 10.9. The predicted octanol–water partition coefficient (Wildman–Crippen LogP) is 2.60. The van der Waals surface area contributed by atoms with Crippen LogP contribution in [-0.2, 0) is 19.0 Å². The van der Waals surface area contributed by atoms with Crippen LogP contribution >= 0.6 is 0 Å². The minimum atomic E-state index is -0.901. The molecule has 1 fully saturated rings. The lowest BCUT2D eigenvalue weighted by Gasteiger charge is -2.22. The average molecular weight is 286 g/mol. The molecule has 5 heteroatoms. The maximum atomic E-state index is 10.9. The molecule has 5 nitrogen and oxygen atoms in total. The Hall–Kier alpha value is -0.910. The van der Waals surface area contributed by atoms with Gasteiger partial charge in [-0.2, -0.15) is 0 Å². The zero-order chi connectivity index (χ0) is 15.3. The molecule has 0 aromatic carbocycles. The molecular formula is C15H26O5. The third-order valence-corrected chi connectivity index (χ3v) is 3.13. The van der Waals surface area contributed by atoms with Gasteiger partial charge in [0.25, 0.3) is 0 Å². The summed E-state index contributed by atoms with van der Waals surface area (Å²) in [5.41, 5.74) is 0. The Bertz CT molecular complexity index is 348. The van der Waals surface area contributed by atoms with Crippen molar-refractivity contribution in [2.24, 2.45) is 5.92 Å². The first kappa shape index (κ1) is 17.1. The molecule has 1 unspecified atom stereocenters. The summed E-state index contributed by atoms with van der Waals surface area (Å²) in [6.45, 7) is 7.84. The second kappa shape index (κ2) is 7.20. The fourth-order valence-electron chi connectivity index (χ4n) is 2.28. The number of ether oxygens (including phenoxy) is 3. The molecule has 1 aliphatic heterocycles. The topological polar surface area (TPSA) is 65.0 Å². The van der Waals surface area contributed by atoms with Gasteiger partial charge in [0.05, 0.1) is 6.42 Å². The first-order valence-electron chi connectivity index (χ1n) is 7.02. The van der Waals surface area contributed by atoms with Crippen molar-refractivity contribution < 1.29 is 24.1 Å². The van der Waals surface area contributed by atoms with E-state index in [0.717, 1.165) is 6.42 Å². The van der Waals surface area contributed by atoms with Gasteiger partial charge in [-0.25, -0.2) is 0 Å². The van der Waals surface area contributed by atoms with E-state index in [1.807, 2.05) is 12.2 Å². The number of hydrogen-bond acceptors (Lipinski definition) is 4. The van der Waals surface area contributed by atoms with E-state index in [1.54, 1.807) is 21.0 Å². The zero-order valence-electron chi connectivity index (χ0n) is 13.0. The Labute approximate surface area is 120 Å². The summed E-state index contributed by atoms with van der Waals surface area (Å²) in [6.07, 6.45) is 3.62. The summed E-state index contributed by atoms with van der Waals surface area (Å²) in [7, 11) is 1.59.